The molecule has 0 aliphatic heterocycles. The summed E-state index contributed by atoms with van der Waals surface area (Å²) in [6.07, 6.45) is 8.63. The third-order valence-electron chi connectivity index (χ3n) is 3.89. The molecule has 1 aliphatic rings. The normalized spacial score (nSPS) is 21.1. The summed E-state index contributed by atoms with van der Waals surface area (Å²) in [4.78, 5) is 16.7. The van der Waals surface area contributed by atoms with Gasteiger partial charge in [-0.25, -0.2) is 4.98 Å². The molecule has 1 atom stereocenters. The fourth-order valence-corrected chi connectivity index (χ4v) is 2.80. The molecule has 2 aromatic heterocycles. The van der Waals surface area contributed by atoms with Gasteiger partial charge in [0.1, 0.15) is 6.33 Å². The van der Waals surface area contributed by atoms with Gasteiger partial charge < -0.3 is 5.32 Å². The van der Waals surface area contributed by atoms with Crippen molar-refractivity contribution in [3.05, 3.63) is 24.0 Å². The molecule has 1 fully saturated rings. The Morgan fingerprint density at radius 3 is 2.85 bits per heavy atom. The first kappa shape index (κ1) is 13.3. The third-order valence-corrected chi connectivity index (χ3v) is 4.06. The van der Waals surface area contributed by atoms with Gasteiger partial charge in [0.15, 0.2) is 0 Å². The highest BCUT2D eigenvalue weighted by atomic mass is 35.5. The van der Waals surface area contributed by atoms with Gasteiger partial charge in [0.2, 0.25) is 17.2 Å². The van der Waals surface area contributed by atoms with Gasteiger partial charge in [-0.1, -0.05) is 20.3 Å². The lowest BCUT2D eigenvalue weighted by Gasteiger charge is -2.27. The summed E-state index contributed by atoms with van der Waals surface area (Å²) >= 11 is 5.99. The van der Waals surface area contributed by atoms with Crippen LogP contribution in [-0.4, -0.2) is 30.5 Å². The predicted molar refractivity (Wildman–Crippen MR) is 77.0 cm³/mol. The summed E-state index contributed by atoms with van der Waals surface area (Å²) in [5, 5.41) is 3.58. The third kappa shape index (κ3) is 2.60. The van der Waals surface area contributed by atoms with Gasteiger partial charge in [0, 0.05) is 18.4 Å². The number of aromatic nitrogens is 5. The number of anilines is 1. The van der Waals surface area contributed by atoms with Crippen LogP contribution in [0.5, 0.6) is 0 Å². The molecule has 0 saturated heterocycles. The first-order valence-electron chi connectivity index (χ1n) is 6.71. The Morgan fingerprint density at radius 2 is 2.20 bits per heavy atom. The lowest BCUT2D eigenvalue weighted by Crippen LogP contribution is -2.31. The molecule has 1 saturated carbocycles. The zero-order valence-electron chi connectivity index (χ0n) is 11.5. The molecule has 1 unspecified atom stereocenters. The summed E-state index contributed by atoms with van der Waals surface area (Å²) in [6.45, 7) is 4.52. The average Bonchev–Trinajstić information content (AvgIpc) is 2.99. The fourth-order valence-electron chi connectivity index (χ4n) is 2.65. The van der Waals surface area contributed by atoms with Gasteiger partial charge in [-0.3, -0.25) is 4.57 Å². The summed E-state index contributed by atoms with van der Waals surface area (Å²) in [7, 11) is 0. The van der Waals surface area contributed by atoms with Crippen LogP contribution in [0.3, 0.4) is 0 Å². The standard InChI is InChI=1S/C13H17ClN6/c1-13(2)5-3-4-9(13)16-11-17-10(14)18-12(19-11)20-7-6-15-8-20/h6-9H,3-5H2,1-2H3,(H,16,17,18,19). The van der Waals surface area contributed by atoms with Crippen molar-refractivity contribution >= 4 is 17.5 Å². The number of imidazole rings is 1. The summed E-state index contributed by atoms with van der Waals surface area (Å²) in [5.41, 5.74) is 0.244. The van der Waals surface area contributed by atoms with Gasteiger partial charge in [0.05, 0.1) is 0 Å². The van der Waals surface area contributed by atoms with E-state index < -0.39 is 0 Å². The summed E-state index contributed by atoms with van der Waals surface area (Å²) in [5.74, 6) is 0.995. The Bertz CT molecular complexity index is 595. The maximum Gasteiger partial charge on any atom is 0.241 e. The van der Waals surface area contributed by atoms with Crippen LogP contribution >= 0.6 is 11.6 Å². The molecule has 20 heavy (non-hydrogen) atoms. The van der Waals surface area contributed by atoms with Crippen LogP contribution in [0.25, 0.3) is 5.95 Å². The first-order valence-corrected chi connectivity index (χ1v) is 7.09. The van der Waals surface area contributed by atoms with Crippen molar-refractivity contribution in [2.45, 2.75) is 39.2 Å². The van der Waals surface area contributed by atoms with E-state index in [9.17, 15) is 0 Å². The van der Waals surface area contributed by atoms with Crippen LogP contribution in [0.2, 0.25) is 5.28 Å². The summed E-state index contributed by atoms with van der Waals surface area (Å²) in [6, 6.07) is 0.358. The van der Waals surface area contributed by atoms with Crippen molar-refractivity contribution < 1.29 is 0 Å². The Kier molecular flexibility index (Phi) is 3.33. The van der Waals surface area contributed by atoms with E-state index in [1.54, 1.807) is 23.3 Å². The molecule has 6 nitrogen and oxygen atoms in total. The van der Waals surface area contributed by atoms with Crippen LogP contribution in [0.15, 0.2) is 18.7 Å². The van der Waals surface area contributed by atoms with Gasteiger partial charge in [-0.2, -0.15) is 15.0 Å². The SMILES string of the molecule is CC1(C)CCCC1Nc1nc(Cl)nc(-n2ccnc2)n1. The molecule has 106 valence electrons. The zero-order valence-corrected chi connectivity index (χ0v) is 12.3. The minimum atomic E-state index is 0.182. The van der Waals surface area contributed by atoms with E-state index in [1.165, 1.54) is 12.8 Å². The minimum Gasteiger partial charge on any atom is -0.351 e. The van der Waals surface area contributed by atoms with E-state index in [0.29, 0.717) is 17.9 Å². The smallest absolute Gasteiger partial charge is 0.241 e. The lowest BCUT2D eigenvalue weighted by atomic mass is 9.87. The molecular formula is C13H17ClN6. The molecule has 0 aromatic carbocycles. The topological polar surface area (TPSA) is 68.5 Å². The minimum absolute atomic E-state index is 0.182. The highest BCUT2D eigenvalue weighted by molar-refractivity contribution is 6.28. The first-order chi connectivity index (χ1) is 9.54. The van der Waals surface area contributed by atoms with E-state index in [4.69, 9.17) is 11.6 Å². The van der Waals surface area contributed by atoms with Gasteiger partial charge in [0.25, 0.3) is 0 Å². The molecular weight excluding hydrogens is 276 g/mol. The number of hydrogen-bond donors (Lipinski definition) is 1. The number of nitrogens with one attached hydrogen (secondary N) is 1. The molecule has 2 heterocycles. The summed E-state index contributed by atoms with van der Waals surface area (Å²) < 4.78 is 1.71. The van der Waals surface area contributed by atoms with Crippen LogP contribution in [0, 0.1) is 5.41 Å². The second-order valence-electron chi connectivity index (χ2n) is 5.78. The van der Waals surface area contributed by atoms with Crippen LogP contribution < -0.4 is 5.32 Å². The molecule has 3 rings (SSSR count). The number of rotatable bonds is 3. The molecule has 0 amide bonds. The fraction of sp³-hybridized carbons (Fsp3) is 0.538. The second-order valence-corrected chi connectivity index (χ2v) is 6.11. The number of nitrogens with zero attached hydrogens (tertiary/aromatic N) is 5. The Morgan fingerprint density at radius 1 is 1.35 bits per heavy atom. The van der Waals surface area contributed by atoms with E-state index in [1.807, 2.05) is 0 Å². The van der Waals surface area contributed by atoms with E-state index >= 15 is 0 Å². The van der Waals surface area contributed by atoms with Gasteiger partial charge in [-0.05, 0) is 29.9 Å². The Balaban J connectivity index is 1.87. The van der Waals surface area contributed by atoms with Crippen molar-refractivity contribution in [3.8, 4) is 5.95 Å². The molecule has 0 bridgehead atoms. The predicted octanol–water partition coefficient (Wildman–Crippen LogP) is 2.70. The molecule has 0 radical (unpaired) electrons. The number of halogens is 1. The largest absolute Gasteiger partial charge is 0.351 e. The van der Waals surface area contributed by atoms with E-state index in [2.05, 4.69) is 39.1 Å². The quantitative estimate of drug-likeness (QED) is 0.942. The van der Waals surface area contributed by atoms with Crippen LogP contribution in [-0.2, 0) is 0 Å². The van der Waals surface area contributed by atoms with E-state index in [0.717, 1.165) is 6.42 Å². The van der Waals surface area contributed by atoms with Crippen molar-refractivity contribution in [1.82, 2.24) is 24.5 Å². The molecule has 7 heteroatoms. The van der Waals surface area contributed by atoms with E-state index in [-0.39, 0.29) is 10.7 Å². The van der Waals surface area contributed by atoms with Crippen LogP contribution in [0.1, 0.15) is 33.1 Å². The van der Waals surface area contributed by atoms with Crippen LogP contribution in [0.4, 0.5) is 5.95 Å². The maximum atomic E-state index is 5.99. The van der Waals surface area contributed by atoms with Gasteiger partial charge in [-0.15, -0.1) is 0 Å². The molecule has 1 aliphatic carbocycles. The second kappa shape index (κ2) is 5.01. The monoisotopic (exact) mass is 292 g/mol. The molecule has 1 N–H and O–H groups in total. The highest BCUT2D eigenvalue weighted by Gasteiger charge is 2.34. The average molecular weight is 293 g/mol. The van der Waals surface area contributed by atoms with Gasteiger partial charge >= 0.3 is 0 Å². The zero-order chi connectivity index (χ0) is 14.2. The van der Waals surface area contributed by atoms with Crippen molar-refractivity contribution in [3.63, 3.8) is 0 Å². The highest BCUT2D eigenvalue weighted by Crippen LogP contribution is 2.38. The lowest BCUT2D eigenvalue weighted by molar-refractivity contribution is 0.348. The van der Waals surface area contributed by atoms with Crippen molar-refractivity contribution in [2.75, 3.05) is 5.32 Å². The van der Waals surface area contributed by atoms with Crippen molar-refractivity contribution in [1.29, 1.82) is 0 Å². The Labute approximate surface area is 122 Å². The molecule has 2 aromatic rings. The number of hydrogen-bond acceptors (Lipinski definition) is 5. The molecule has 0 spiro atoms. The Hall–Kier alpha value is -1.69. The van der Waals surface area contributed by atoms with Crippen molar-refractivity contribution in [2.24, 2.45) is 5.41 Å². The maximum absolute atomic E-state index is 5.99.